The molecule has 1 saturated carbocycles. The summed E-state index contributed by atoms with van der Waals surface area (Å²) in [5.74, 6) is -0.0305. The van der Waals surface area contributed by atoms with Crippen LogP contribution in [-0.2, 0) is 23.1 Å². The third-order valence-electron chi connectivity index (χ3n) is 8.08. The lowest BCUT2D eigenvalue weighted by atomic mass is 9.69. The van der Waals surface area contributed by atoms with Gasteiger partial charge in [-0.15, -0.1) is 0 Å². The molecule has 0 unspecified atom stereocenters. The van der Waals surface area contributed by atoms with Gasteiger partial charge in [0.05, 0.1) is 36.5 Å². The number of halogens is 3. The van der Waals surface area contributed by atoms with Crippen LogP contribution in [0.15, 0.2) is 43.1 Å². The van der Waals surface area contributed by atoms with Crippen molar-refractivity contribution in [3.05, 3.63) is 54.4 Å². The number of H-pyrrole nitrogens is 1. The molecule has 0 spiro atoms. The first-order valence-corrected chi connectivity index (χ1v) is 13.5. The Morgan fingerprint density at radius 2 is 2.00 bits per heavy atom. The number of likely N-dealkylation sites (tertiary alicyclic amines) is 1. The Bertz CT molecular complexity index is 1560. The predicted molar refractivity (Wildman–Crippen MR) is 142 cm³/mol. The van der Waals surface area contributed by atoms with Gasteiger partial charge in [-0.25, -0.2) is 15.0 Å². The molecule has 0 bridgehead atoms. The Kier molecular flexibility index (Phi) is 7.13. The predicted octanol–water partition coefficient (Wildman–Crippen LogP) is 4.70. The number of nitrogens with zero attached hydrogens (tertiary/aromatic N) is 7. The molecule has 10 nitrogen and oxygen atoms in total. The van der Waals surface area contributed by atoms with Crippen molar-refractivity contribution in [3.63, 3.8) is 0 Å². The van der Waals surface area contributed by atoms with E-state index in [2.05, 4.69) is 36.0 Å². The molecule has 0 amide bonds. The number of hydrogen-bond donors (Lipinski definition) is 1. The van der Waals surface area contributed by atoms with Gasteiger partial charge in [0.1, 0.15) is 23.8 Å². The van der Waals surface area contributed by atoms with Gasteiger partial charge < -0.3 is 14.5 Å². The average molecular weight is 567 g/mol. The van der Waals surface area contributed by atoms with Crippen molar-refractivity contribution >= 4 is 11.0 Å². The molecule has 2 fully saturated rings. The molecule has 214 valence electrons. The fourth-order valence-electron chi connectivity index (χ4n) is 5.99. The molecule has 4 aromatic rings. The molecule has 1 aliphatic heterocycles. The molecule has 4 aromatic heterocycles. The maximum atomic E-state index is 13.3. The lowest BCUT2D eigenvalue weighted by Crippen LogP contribution is -2.58. The van der Waals surface area contributed by atoms with Gasteiger partial charge >= 0.3 is 6.18 Å². The van der Waals surface area contributed by atoms with Crippen LogP contribution in [0.1, 0.15) is 43.4 Å². The lowest BCUT2D eigenvalue weighted by Gasteiger charge is -2.52. The summed E-state index contributed by atoms with van der Waals surface area (Å²) >= 11 is 0. The number of aromatic amines is 1. The molecule has 41 heavy (non-hydrogen) atoms. The zero-order chi connectivity index (χ0) is 28.6. The summed E-state index contributed by atoms with van der Waals surface area (Å²) in [6.07, 6.45) is 5.55. The number of aromatic nitrogens is 6. The summed E-state index contributed by atoms with van der Waals surface area (Å²) in [6, 6.07) is 7.05. The Morgan fingerprint density at radius 3 is 2.73 bits per heavy atom. The van der Waals surface area contributed by atoms with Gasteiger partial charge in [0.2, 0.25) is 5.88 Å². The molecular formula is C28H29F3N8O2. The zero-order valence-electron chi connectivity index (χ0n) is 22.4. The number of hydrogen-bond acceptors (Lipinski definition) is 8. The summed E-state index contributed by atoms with van der Waals surface area (Å²) in [4.78, 5) is 17.9. The molecule has 1 saturated heterocycles. The molecule has 2 aliphatic rings. The van der Waals surface area contributed by atoms with Gasteiger partial charge in [-0.05, 0) is 43.4 Å². The minimum Gasteiger partial charge on any atom is -0.474 e. The minimum atomic E-state index is -4.57. The average Bonchev–Trinajstić information content (AvgIpc) is 3.61. The molecule has 6 rings (SSSR count). The van der Waals surface area contributed by atoms with Crippen molar-refractivity contribution in [1.29, 1.82) is 5.26 Å². The first kappa shape index (κ1) is 27.2. The van der Waals surface area contributed by atoms with E-state index in [1.807, 2.05) is 23.1 Å². The second kappa shape index (κ2) is 10.8. The van der Waals surface area contributed by atoms with Gasteiger partial charge in [0.15, 0.2) is 0 Å². The first-order chi connectivity index (χ1) is 19.8. The molecule has 0 atom stereocenters. The van der Waals surface area contributed by atoms with Gasteiger partial charge in [0, 0.05) is 55.7 Å². The van der Waals surface area contributed by atoms with E-state index in [0.717, 1.165) is 54.3 Å². The fraction of sp³-hybridized carbons (Fsp3) is 0.464. The molecule has 1 aliphatic carbocycles. The number of nitriles is 1. The lowest BCUT2D eigenvalue weighted by molar-refractivity contribution is -0.141. The van der Waals surface area contributed by atoms with Gasteiger partial charge in [-0.3, -0.25) is 9.58 Å². The van der Waals surface area contributed by atoms with Crippen LogP contribution in [0.4, 0.5) is 13.2 Å². The van der Waals surface area contributed by atoms with E-state index in [4.69, 9.17) is 9.47 Å². The topological polar surface area (TPSA) is 118 Å². The third kappa shape index (κ3) is 5.37. The van der Waals surface area contributed by atoms with E-state index in [1.54, 1.807) is 6.20 Å². The molecular weight excluding hydrogens is 537 g/mol. The SMILES string of the molecule is COCc1cc(OC2CCN([C@H]3C[C@](CC#N)(n4cc(-c5ncnc6[nH]ccc56)cn4)C3)CC2)nc(C(F)(F)F)c1. The maximum Gasteiger partial charge on any atom is 0.433 e. The van der Waals surface area contributed by atoms with E-state index in [0.29, 0.717) is 24.8 Å². The van der Waals surface area contributed by atoms with Crippen LogP contribution in [0.3, 0.4) is 0 Å². The Labute approximate surface area is 234 Å². The van der Waals surface area contributed by atoms with E-state index in [9.17, 15) is 18.4 Å². The van der Waals surface area contributed by atoms with Crippen LogP contribution < -0.4 is 4.74 Å². The van der Waals surface area contributed by atoms with Crippen LogP contribution >= 0.6 is 0 Å². The van der Waals surface area contributed by atoms with Crippen LogP contribution in [0.5, 0.6) is 5.88 Å². The van der Waals surface area contributed by atoms with Gasteiger partial charge in [0.25, 0.3) is 0 Å². The van der Waals surface area contributed by atoms with E-state index >= 15 is 0 Å². The second-order valence-corrected chi connectivity index (χ2v) is 10.7. The number of methoxy groups -OCH3 is 1. The molecule has 0 aromatic carbocycles. The smallest absolute Gasteiger partial charge is 0.433 e. The molecule has 13 heteroatoms. The van der Waals surface area contributed by atoms with Crippen LogP contribution in [0.25, 0.3) is 22.3 Å². The minimum absolute atomic E-state index is 0.0305. The number of fused-ring (bicyclic) bond motifs is 1. The van der Waals surface area contributed by atoms with Crippen molar-refractivity contribution in [2.24, 2.45) is 0 Å². The van der Waals surface area contributed by atoms with Crippen LogP contribution in [-0.4, -0.2) is 67.0 Å². The van der Waals surface area contributed by atoms with E-state index in [1.165, 1.54) is 19.5 Å². The number of piperidine rings is 1. The summed E-state index contributed by atoms with van der Waals surface area (Å²) in [5, 5.41) is 15.2. The van der Waals surface area contributed by atoms with Crippen molar-refractivity contribution in [2.75, 3.05) is 20.2 Å². The van der Waals surface area contributed by atoms with Gasteiger partial charge in [-0.2, -0.15) is 23.5 Å². The van der Waals surface area contributed by atoms with Crippen molar-refractivity contribution in [3.8, 4) is 23.2 Å². The highest BCUT2D eigenvalue weighted by atomic mass is 19.4. The summed E-state index contributed by atoms with van der Waals surface area (Å²) in [7, 11) is 1.43. The van der Waals surface area contributed by atoms with Crippen LogP contribution in [0.2, 0.25) is 0 Å². The number of rotatable bonds is 8. The quantitative estimate of drug-likeness (QED) is 0.326. The standard InChI is InChI=1S/C28H29F3N8O2/c1-40-16-18-10-23(28(29,30)31)37-24(11-18)41-21-3-8-38(9-4-21)20-12-27(13-20,5-6-32)39-15-19(14-36-39)25-22-2-7-33-26(22)35-17-34-25/h2,7,10-11,14-15,17,20-21H,3-5,8-9,12-13,16H2,1H3,(H,33,34,35)/t20-,27-. The Balaban J connectivity index is 1.09. The first-order valence-electron chi connectivity index (χ1n) is 13.5. The highest BCUT2D eigenvalue weighted by molar-refractivity contribution is 5.90. The fourth-order valence-corrected chi connectivity index (χ4v) is 5.99. The summed E-state index contributed by atoms with van der Waals surface area (Å²) in [6.45, 7) is 1.54. The molecule has 0 radical (unpaired) electrons. The number of pyridine rings is 1. The highest BCUT2D eigenvalue weighted by Crippen LogP contribution is 2.45. The summed E-state index contributed by atoms with van der Waals surface area (Å²) in [5.41, 5.74) is 1.40. The zero-order valence-corrected chi connectivity index (χ0v) is 22.4. The second-order valence-electron chi connectivity index (χ2n) is 10.7. The van der Waals surface area contributed by atoms with Crippen molar-refractivity contribution in [1.82, 2.24) is 34.6 Å². The van der Waals surface area contributed by atoms with Crippen LogP contribution in [0, 0.1) is 11.3 Å². The van der Waals surface area contributed by atoms with Gasteiger partial charge in [-0.1, -0.05) is 0 Å². The largest absolute Gasteiger partial charge is 0.474 e. The third-order valence-corrected chi connectivity index (χ3v) is 8.08. The molecule has 1 N–H and O–H groups in total. The van der Waals surface area contributed by atoms with Crippen molar-refractivity contribution < 1.29 is 22.6 Å². The Morgan fingerprint density at radius 1 is 1.20 bits per heavy atom. The normalized spacial score (nSPS) is 22.0. The van der Waals surface area contributed by atoms with E-state index in [-0.39, 0.29) is 24.6 Å². The van der Waals surface area contributed by atoms with E-state index < -0.39 is 17.4 Å². The summed E-state index contributed by atoms with van der Waals surface area (Å²) < 4.78 is 52.8. The monoisotopic (exact) mass is 566 g/mol. The van der Waals surface area contributed by atoms with Crippen molar-refractivity contribution in [2.45, 2.75) is 62.6 Å². The highest BCUT2D eigenvalue weighted by Gasteiger charge is 2.49. The number of alkyl halides is 3. The molecule has 5 heterocycles. The number of nitrogens with one attached hydrogen (secondary N) is 1. The maximum absolute atomic E-state index is 13.3. The Hall–Kier alpha value is -4.02. The number of ether oxygens (including phenoxy) is 2.